The van der Waals surface area contributed by atoms with E-state index in [0.717, 1.165) is 0 Å². The van der Waals surface area contributed by atoms with Crippen LogP contribution in [0.3, 0.4) is 0 Å². The highest BCUT2D eigenvalue weighted by Crippen LogP contribution is 2.41. The summed E-state index contributed by atoms with van der Waals surface area (Å²) in [4.78, 5) is 0. The van der Waals surface area contributed by atoms with Gasteiger partial charge in [-0.15, -0.1) is 0 Å². The lowest BCUT2D eigenvalue weighted by molar-refractivity contribution is -0.299. The van der Waals surface area contributed by atoms with E-state index in [-0.39, 0.29) is 13.1 Å². The minimum Gasteiger partial charge on any atom is -0.387 e. The van der Waals surface area contributed by atoms with Gasteiger partial charge < -0.3 is 10.4 Å². The Morgan fingerprint density at radius 2 is 1.62 bits per heavy atom. The summed E-state index contributed by atoms with van der Waals surface area (Å²) in [6.07, 6.45) is -7.16. The zero-order valence-corrected chi connectivity index (χ0v) is 6.46. The summed E-state index contributed by atoms with van der Waals surface area (Å²) in [5.74, 6) is -4.82. The van der Waals surface area contributed by atoms with Crippen molar-refractivity contribution in [2.75, 3.05) is 13.1 Å². The van der Waals surface area contributed by atoms with Crippen molar-refractivity contribution in [2.45, 2.75) is 24.1 Å². The molecule has 0 atom stereocenters. The van der Waals surface area contributed by atoms with Crippen molar-refractivity contribution >= 4 is 0 Å². The van der Waals surface area contributed by atoms with Crippen molar-refractivity contribution in [3.63, 3.8) is 0 Å². The van der Waals surface area contributed by atoms with Crippen LogP contribution in [0.5, 0.6) is 0 Å². The molecule has 0 amide bonds. The molecule has 0 aromatic carbocycles. The Morgan fingerprint density at radius 3 is 1.85 bits per heavy atom. The number of alkyl halides is 5. The van der Waals surface area contributed by atoms with E-state index in [1.54, 1.807) is 0 Å². The van der Waals surface area contributed by atoms with Crippen LogP contribution in [0.1, 0.15) is 6.42 Å². The van der Waals surface area contributed by atoms with Gasteiger partial charge in [0.15, 0.2) is 0 Å². The summed E-state index contributed by atoms with van der Waals surface area (Å²) < 4.78 is 59.6. The minimum atomic E-state index is -5.58. The summed E-state index contributed by atoms with van der Waals surface area (Å²) in [6.45, 7) is -0.447. The maximum Gasteiger partial charge on any atom is 0.453 e. The summed E-state index contributed by atoms with van der Waals surface area (Å²) in [5, 5.41) is 11.5. The molecular weight excluding hydrogens is 197 g/mol. The van der Waals surface area contributed by atoms with Crippen molar-refractivity contribution in [3.8, 4) is 0 Å². The van der Waals surface area contributed by atoms with E-state index < -0.39 is 24.1 Å². The Morgan fingerprint density at radius 1 is 1.15 bits per heavy atom. The highest BCUT2D eigenvalue weighted by molar-refractivity contribution is 4.98. The second kappa shape index (κ2) is 2.78. The molecule has 0 saturated carbocycles. The smallest absolute Gasteiger partial charge is 0.387 e. The fourth-order valence-electron chi connectivity index (χ4n) is 1.05. The van der Waals surface area contributed by atoms with Gasteiger partial charge in [0.25, 0.3) is 0 Å². The zero-order chi connectivity index (χ0) is 10.3. The first-order chi connectivity index (χ1) is 5.66. The number of aliphatic hydroxyl groups is 1. The molecule has 2 N–H and O–H groups in total. The Balaban J connectivity index is 2.61. The van der Waals surface area contributed by atoms with Gasteiger partial charge in [-0.2, -0.15) is 22.0 Å². The SMILES string of the molecule is OC1(CC(F)(F)C(F)(F)F)CNC1. The quantitative estimate of drug-likeness (QED) is 0.656. The van der Waals surface area contributed by atoms with Gasteiger partial charge in [-0.3, -0.25) is 0 Å². The third-order valence-corrected chi connectivity index (χ3v) is 1.87. The van der Waals surface area contributed by atoms with Crippen LogP contribution in [0.4, 0.5) is 22.0 Å². The lowest BCUT2D eigenvalue weighted by Crippen LogP contribution is -2.63. The highest BCUT2D eigenvalue weighted by Gasteiger charge is 2.61. The maximum atomic E-state index is 12.3. The van der Waals surface area contributed by atoms with Gasteiger partial charge in [-0.05, 0) is 0 Å². The molecule has 1 fully saturated rings. The topological polar surface area (TPSA) is 32.3 Å². The summed E-state index contributed by atoms with van der Waals surface area (Å²) in [5.41, 5.74) is -1.92. The molecule has 0 spiro atoms. The van der Waals surface area contributed by atoms with E-state index in [1.165, 1.54) is 0 Å². The molecule has 0 bridgehead atoms. The van der Waals surface area contributed by atoms with Crippen molar-refractivity contribution in [1.29, 1.82) is 0 Å². The number of β-amino-alcohol motifs (C(OH)–C–C–N with tert-alkyl or cyclic N) is 1. The Kier molecular flexibility index (Phi) is 2.28. The lowest BCUT2D eigenvalue weighted by Gasteiger charge is -2.40. The Bertz CT molecular complexity index is 198. The van der Waals surface area contributed by atoms with Gasteiger partial charge in [-0.25, -0.2) is 0 Å². The standard InChI is InChI=1S/C6H8F5NO/c7-5(8,6(9,10)11)1-4(13)2-12-3-4/h12-13H,1-3H2. The van der Waals surface area contributed by atoms with Crippen molar-refractivity contribution in [1.82, 2.24) is 5.32 Å². The van der Waals surface area contributed by atoms with Crippen LogP contribution in [-0.4, -0.2) is 35.9 Å². The molecule has 0 unspecified atom stereocenters. The number of hydrogen-bond acceptors (Lipinski definition) is 2. The molecule has 0 aromatic rings. The average Bonchev–Trinajstić information content (AvgIpc) is 1.80. The second-order valence-corrected chi connectivity index (χ2v) is 3.21. The first-order valence-electron chi connectivity index (χ1n) is 3.54. The van der Waals surface area contributed by atoms with Crippen LogP contribution in [0.15, 0.2) is 0 Å². The van der Waals surface area contributed by atoms with Crippen LogP contribution >= 0.6 is 0 Å². The van der Waals surface area contributed by atoms with Crippen LogP contribution in [0.25, 0.3) is 0 Å². The minimum absolute atomic E-state index is 0.224. The van der Waals surface area contributed by atoms with E-state index >= 15 is 0 Å². The fourth-order valence-corrected chi connectivity index (χ4v) is 1.05. The van der Waals surface area contributed by atoms with Gasteiger partial charge in [0.2, 0.25) is 0 Å². The molecule has 2 nitrogen and oxygen atoms in total. The molecule has 0 radical (unpaired) electrons. The van der Waals surface area contributed by atoms with Crippen LogP contribution < -0.4 is 5.32 Å². The molecular formula is C6H8F5NO. The number of hydrogen-bond donors (Lipinski definition) is 2. The van der Waals surface area contributed by atoms with Crippen molar-refractivity contribution < 1.29 is 27.1 Å². The van der Waals surface area contributed by atoms with E-state index in [4.69, 9.17) is 5.11 Å². The third kappa shape index (κ3) is 2.08. The lowest BCUT2D eigenvalue weighted by atomic mass is 9.89. The van der Waals surface area contributed by atoms with Crippen LogP contribution in [0, 0.1) is 0 Å². The Labute approximate surface area is 70.7 Å². The van der Waals surface area contributed by atoms with Crippen molar-refractivity contribution in [3.05, 3.63) is 0 Å². The van der Waals surface area contributed by atoms with Crippen LogP contribution in [-0.2, 0) is 0 Å². The van der Waals surface area contributed by atoms with E-state index in [1.807, 2.05) is 0 Å². The molecule has 7 heteroatoms. The maximum absolute atomic E-state index is 12.3. The fraction of sp³-hybridized carbons (Fsp3) is 1.00. The number of halogens is 5. The monoisotopic (exact) mass is 205 g/mol. The normalized spacial score (nSPS) is 22.6. The molecule has 0 aliphatic carbocycles. The predicted octanol–water partition coefficient (Wildman–Crippen LogP) is 0.908. The third-order valence-electron chi connectivity index (χ3n) is 1.87. The molecule has 13 heavy (non-hydrogen) atoms. The molecule has 0 aromatic heterocycles. The van der Waals surface area contributed by atoms with Crippen LogP contribution in [0.2, 0.25) is 0 Å². The highest BCUT2D eigenvalue weighted by atomic mass is 19.4. The molecule has 1 heterocycles. The summed E-state index contributed by atoms with van der Waals surface area (Å²) >= 11 is 0. The predicted molar refractivity (Wildman–Crippen MR) is 33.4 cm³/mol. The first kappa shape index (κ1) is 10.6. The first-order valence-corrected chi connectivity index (χ1v) is 3.54. The van der Waals surface area contributed by atoms with Crippen molar-refractivity contribution in [2.24, 2.45) is 0 Å². The molecule has 1 saturated heterocycles. The molecule has 1 rings (SSSR count). The summed E-state index contributed by atoms with van der Waals surface area (Å²) in [7, 11) is 0. The van der Waals surface area contributed by atoms with Gasteiger partial charge in [0.1, 0.15) is 0 Å². The Hall–Kier alpha value is -0.430. The molecule has 1 aliphatic heterocycles. The molecule has 1 aliphatic rings. The van der Waals surface area contributed by atoms with Gasteiger partial charge in [0.05, 0.1) is 12.0 Å². The van der Waals surface area contributed by atoms with E-state index in [9.17, 15) is 22.0 Å². The number of nitrogens with one attached hydrogen (secondary N) is 1. The molecule has 78 valence electrons. The summed E-state index contributed by atoms with van der Waals surface area (Å²) in [6, 6.07) is 0. The van der Waals surface area contributed by atoms with Gasteiger partial charge in [-0.1, -0.05) is 0 Å². The number of rotatable bonds is 2. The van der Waals surface area contributed by atoms with Gasteiger partial charge in [0, 0.05) is 13.1 Å². The van der Waals surface area contributed by atoms with E-state index in [2.05, 4.69) is 5.32 Å². The zero-order valence-electron chi connectivity index (χ0n) is 6.46. The van der Waals surface area contributed by atoms with Gasteiger partial charge >= 0.3 is 12.1 Å². The average molecular weight is 205 g/mol. The van der Waals surface area contributed by atoms with E-state index in [0.29, 0.717) is 0 Å². The second-order valence-electron chi connectivity index (χ2n) is 3.21. The largest absolute Gasteiger partial charge is 0.453 e.